The maximum Gasteiger partial charge on any atom is 0.156 e. The maximum atomic E-state index is 4.14. The van der Waals surface area contributed by atoms with Crippen LogP contribution in [0.3, 0.4) is 0 Å². The molecule has 0 aromatic carbocycles. The van der Waals surface area contributed by atoms with Crippen molar-refractivity contribution in [3.63, 3.8) is 0 Å². The van der Waals surface area contributed by atoms with Crippen LogP contribution in [0.25, 0.3) is 0 Å². The summed E-state index contributed by atoms with van der Waals surface area (Å²) in [6.07, 6.45) is 3.61. The van der Waals surface area contributed by atoms with Crippen molar-refractivity contribution in [2.24, 2.45) is 0 Å². The predicted octanol–water partition coefficient (Wildman–Crippen LogP) is 2.75. The van der Waals surface area contributed by atoms with Gasteiger partial charge in [0.25, 0.3) is 0 Å². The molecule has 0 amide bonds. The van der Waals surface area contributed by atoms with Crippen molar-refractivity contribution < 1.29 is 0 Å². The third-order valence-corrected chi connectivity index (χ3v) is 3.76. The summed E-state index contributed by atoms with van der Waals surface area (Å²) < 4.78 is 2.11. The van der Waals surface area contributed by atoms with Crippen LogP contribution in [-0.4, -0.2) is 9.97 Å². The Morgan fingerprint density at radius 1 is 1.00 bits per heavy atom. The molecule has 0 N–H and O–H groups in total. The highest BCUT2D eigenvalue weighted by molar-refractivity contribution is 8.02. The lowest BCUT2D eigenvalue weighted by atomic mass is 11.0. The zero-order valence-electron chi connectivity index (χ0n) is 5.43. The Kier molecular flexibility index (Phi) is 2.21. The van der Waals surface area contributed by atoms with E-state index in [9.17, 15) is 0 Å². The summed E-state index contributed by atoms with van der Waals surface area (Å²) >= 11 is 4.90. The Hall–Kier alpha value is -0.390. The van der Waals surface area contributed by atoms with E-state index in [0.717, 1.165) is 8.68 Å². The van der Waals surface area contributed by atoms with Crippen LogP contribution < -0.4 is 0 Å². The van der Waals surface area contributed by atoms with Gasteiger partial charge >= 0.3 is 0 Å². The largest absolute Gasteiger partial charge is 0.238 e. The molecule has 11 heavy (non-hydrogen) atoms. The zero-order valence-corrected chi connectivity index (χ0v) is 7.88. The van der Waals surface area contributed by atoms with Gasteiger partial charge in [-0.25, -0.2) is 9.97 Å². The molecule has 2 aromatic rings. The summed E-state index contributed by atoms with van der Waals surface area (Å²) in [4.78, 5) is 8.28. The molecule has 0 saturated heterocycles. The SMILES string of the molecule is c1csc(Sc2nccs2)n1. The van der Waals surface area contributed by atoms with Crippen molar-refractivity contribution in [1.82, 2.24) is 9.97 Å². The van der Waals surface area contributed by atoms with Gasteiger partial charge in [-0.2, -0.15) is 0 Å². The van der Waals surface area contributed by atoms with Crippen LogP contribution in [0.4, 0.5) is 0 Å². The second-order valence-electron chi connectivity index (χ2n) is 1.70. The summed E-state index contributed by atoms with van der Waals surface area (Å²) in [7, 11) is 0. The van der Waals surface area contributed by atoms with Crippen molar-refractivity contribution in [3.8, 4) is 0 Å². The average Bonchev–Trinajstić information content (AvgIpc) is 2.60. The zero-order chi connectivity index (χ0) is 7.52. The second-order valence-corrected chi connectivity index (χ2v) is 4.98. The van der Waals surface area contributed by atoms with Crippen LogP contribution >= 0.6 is 34.4 Å². The Morgan fingerprint density at radius 2 is 1.55 bits per heavy atom. The summed E-state index contributed by atoms with van der Waals surface area (Å²) in [5.41, 5.74) is 0. The van der Waals surface area contributed by atoms with E-state index in [1.165, 1.54) is 0 Å². The highest BCUT2D eigenvalue weighted by Crippen LogP contribution is 2.29. The first-order valence-corrected chi connectivity index (χ1v) is 5.49. The summed E-state index contributed by atoms with van der Waals surface area (Å²) in [5, 5.41) is 3.94. The molecular formula is C6H4N2S3. The Balaban J connectivity index is 2.14. The molecular weight excluding hydrogens is 196 g/mol. The fourth-order valence-electron chi connectivity index (χ4n) is 0.596. The van der Waals surface area contributed by atoms with Crippen molar-refractivity contribution >= 4 is 34.4 Å². The van der Waals surface area contributed by atoms with Gasteiger partial charge in [0.2, 0.25) is 0 Å². The van der Waals surface area contributed by atoms with Gasteiger partial charge in [-0.3, -0.25) is 0 Å². The molecule has 0 aliphatic carbocycles. The molecule has 0 spiro atoms. The van der Waals surface area contributed by atoms with E-state index in [4.69, 9.17) is 0 Å². The van der Waals surface area contributed by atoms with Gasteiger partial charge in [0, 0.05) is 23.2 Å². The predicted molar refractivity (Wildman–Crippen MR) is 48.4 cm³/mol. The first kappa shape index (κ1) is 7.27. The number of thiazole rings is 2. The lowest BCUT2D eigenvalue weighted by Crippen LogP contribution is -1.66. The molecule has 0 aliphatic heterocycles. The van der Waals surface area contributed by atoms with E-state index in [0.29, 0.717) is 0 Å². The molecule has 2 rings (SSSR count). The van der Waals surface area contributed by atoms with Crippen molar-refractivity contribution in [2.45, 2.75) is 8.68 Å². The lowest BCUT2D eigenvalue weighted by Gasteiger charge is -1.86. The standard InChI is InChI=1S/C6H4N2S3/c1-3-9-5(7-1)11-6-8-2-4-10-6/h1-4H. The van der Waals surface area contributed by atoms with Crippen molar-refractivity contribution in [1.29, 1.82) is 0 Å². The first-order valence-electron chi connectivity index (χ1n) is 2.92. The van der Waals surface area contributed by atoms with Gasteiger partial charge in [0.15, 0.2) is 8.68 Å². The maximum absolute atomic E-state index is 4.14. The molecule has 2 nitrogen and oxygen atoms in total. The van der Waals surface area contributed by atoms with Gasteiger partial charge < -0.3 is 0 Å². The van der Waals surface area contributed by atoms with Crippen LogP contribution in [0, 0.1) is 0 Å². The minimum Gasteiger partial charge on any atom is -0.238 e. The molecule has 0 fully saturated rings. The van der Waals surface area contributed by atoms with E-state index >= 15 is 0 Å². The molecule has 0 atom stereocenters. The molecule has 2 aromatic heterocycles. The van der Waals surface area contributed by atoms with Crippen molar-refractivity contribution in [3.05, 3.63) is 23.2 Å². The molecule has 0 saturated carbocycles. The third-order valence-electron chi connectivity index (χ3n) is 0.994. The monoisotopic (exact) mass is 200 g/mol. The molecule has 0 bridgehead atoms. The minimum absolute atomic E-state index is 1.06. The summed E-state index contributed by atoms with van der Waals surface area (Å²) in [5.74, 6) is 0. The number of hydrogen-bond acceptors (Lipinski definition) is 5. The van der Waals surface area contributed by atoms with Gasteiger partial charge in [0.1, 0.15) is 0 Å². The second kappa shape index (κ2) is 3.34. The molecule has 0 radical (unpaired) electrons. The number of aromatic nitrogens is 2. The summed E-state index contributed by atoms with van der Waals surface area (Å²) in [6.45, 7) is 0. The van der Waals surface area contributed by atoms with Crippen LogP contribution in [0.5, 0.6) is 0 Å². The fourth-order valence-corrected chi connectivity index (χ4v) is 3.04. The van der Waals surface area contributed by atoms with Crippen LogP contribution in [0.15, 0.2) is 31.8 Å². The lowest BCUT2D eigenvalue weighted by molar-refractivity contribution is 1.21. The molecule has 5 heteroatoms. The quantitative estimate of drug-likeness (QED) is 0.745. The van der Waals surface area contributed by atoms with Crippen LogP contribution in [-0.2, 0) is 0 Å². The average molecular weight is 200 g/mol. The van der Waals surface area contributed by atoms with E-state index in [2.05, 4.69) is 9.97 Å². The molecule has 0 aliphatic rings. The number of hydrogen-bond donors (Lipinski definition) is 0. The van der Waals surface area contributed by atoms with E-state index < -0.39 is 0 Å². The minimum atomic E-state index is 1.06. The van der Waals surface area contributed by atoms with E-state index in [1.54, 1.807) is 46.8 Å². The van der Waals surface area contributed by atoms with Crippen LogP contribution in [0.2, 0.25) is 0 Å². The molecule has 2 heterocycles. The summed E-state index contributed by atoms with van der Waals surface area (Å²) in [6, 6.07) is 0. The highest BCUT2D eigenvalue weighted by atomic mass is 32.2. The Labute approximate surface area is 76.3 Å². The van der Waals surface area contributed by atoms with Crippen LogP contribution in [0.1, 0.15) is 0 Å². The smallest absolute Gasteiger partial charge is 0.156 e. The third kappa shape index (κ3) is 1.79. The fraction of sp³-hybridized carbons (Fsp3) is 0. The first-order chi connectivity index (χ1) is 5.45. The normalized spacial score (nSPS) is 10.2. The molecule has 0 unspecified atom stereocenters. The topological polar surface area (TPSA) is 25.8 Å². The van der Waals surface area contributed by atoms with E-state index in [1.807, 2.05) is 10.8 Å². The number of nitrogens with zero attached hydrogens (tertiary/aromatic N) is 2. The van der Waals surface area contributed by atoms with Gasteiger partial charge in [0.05, 0.1) is 0 Å². The van der Waals surface area contributed by atoms with E-state index in [-0.39, 0.29) is 0 Å². The Bertz CT molecular complexity index is 268. The van der Waals surface area contributed by atoms with Gasteiger partial charge in [-0.15, -0.1) is 22.7 Å². The van der Waals surface area contributed by atoms with Gasteiger partial charge in [-0.1, -0.05) is 0 Å². The molecule has 56 valence electrons. The van der Waals surface area contributed by atoms with Crippen molar-refractivity contribution in [2.75, 3.05) is 0 Å². The highest BCUT2D eigenvalue weighted by Gasteiger charge is 2.00. The number of rotatable bonds is 2. The van der Waals surface area contributed by atoms with Gasteiger partial charge in [-0.05, 0) is 11.8 Å². The Morgan fingerprint density at radius 3 is 1.91 bits per heavy atom.